The van der Waals surface area contributed by atoms with Crippen LogP contribution >= 0.6 is 27.3 Å². The number of Topliss-reactive ketones (excluding diaryl/α,β-unsaturated/α-hetero) is 1. The number of methoxy groups -OCH3 is 2. The van der Waals surface area contributed by atoms with Crippen molar-refractivity contribution in [3.63, 3.8) is 0 Å². The number of aliphatic hydroxyl groups excluding tert-OH is 1. The molecule has 4 rings (SSSR count). The molecular weight excluding hydrogens is 494 g/mol. The Balaban J connectivity index is 1.79. The van der Waals surface area contributed by atoms with E-state index in [1.165, 1.54) is 16.2 Å². The first kappa shape index (κ1) is 22.1. The molecule has 1 aliphatic heterocycles. The van der Waals surface area contributed by atoms with Crippen molar-refractivity contribution >= 4 is 44.7 Å². The van der Waals surface area contributed by atoms with E-state index in [4.69, 9.17) is 9.47 Å². The molecule has 8 heteroatoms. The molecule has 0 aliphatic carbocycles. The van der Waals surface area contributed by atoms with Gasteiger partial charge in [0.25, 0.3) is 11.7 Å². The minimum Gasteiger partial charge on any atom is -0.507 e. The van der Waals surface area contributed by atoms with Gasteiger partial charge in [-0.15, -0.1) is 11.3 Å². The van der Waals surface area contributed by atoms with Gasteiger partial charge >= 0.3 is 0 Å². The van der Waals surface area contributed by atoms with Crippen LogP contribution in [0, 0.1) is 0 Å². The lowest BCUT2D eigenvalue weighted by molar-refractivity contribution is -0.140. The first-order valence-electron chi connectivity index (χ1n) is 9.73. The van der Waals surface area contributed by atoms with Crippen molar-refractivity contribution in [1.82, 2.24) is 4.90 Å². The molecule has 2 heterocycles. The van der Waals surface area contributed by atoms with Crippen LogP contribution in [-0.4, -0.2) is 35.9 Å². The van der Waals surface area contributed by atoms with Crippen LogP contribution in [0.5, 0.6) is 11.5 Å². The number of likely N-dealkylation sites (tertiary alicyclic amines) is 1. The number of thiophene rings is 1. The summed E-state index contributed by atoms with van der Waals surface area (Å²) in [6.07, 6.45) is 0. The molecule has 2 aromatic carbocycles. The van der Waals surface area contributed by atoms with E-state index < -0.39 is 17.7 Å². The quantitative estimate of drug-likeness (QED) is 0.280. The van der Waals surface area contributed by atoms with Crippen LogP contribution in [0.4, 0.5) is 0 Å². The maximum atomic E-state index is 13.1. The number of halogens is 1. The lowest BCUT2D eigenvalue weighted by Crippen LogP contribution is -2.28. The standard InChI is InChI=1S/C24H20BrNO5S/c1-30-16-8-5-14(6-9-16)13-26-21(19-4-3-11-32-19)20(23(28)24(26)29)22(27)15-7-10-18(31-2)17(25)12-15/h3-12,21,27H,13H2,1-2H3/b22-20-. The van der Waals surface area contributed by atoms with Crippen LogP contribution < -0.4 is 9.47 Å². The lowest BCUT2D eigenvalue weighted by Gasteiger charge is -2.24. The largest absolute Gasteiger partial charge is 0.507 e. The summed E-state index contributed by atoms with van der Waals surface area (Å²) in [6.45, 7) is 0.222. The van der Waals surface area contributed by atoms with Gasteiger partial charge in [0.05, 0.1) is 30.3 Å². The van der Waals surface area contributed by atoms with Crippen molar-refractivity contribution in [2.24, 2.45) is 0 Å². The number of carbonyl (C=O) groups excluding carboxylic acids is 2. The molecule has 3 aromatic rings. The molecule has 1 fully saturated rings. The van der Waals surface area contributed by atoms with E-state index in [0.29, 0.717) is 21.5 Å². The van der Waals surface area contributed by atoms with Crippen molar-refractivity contribution in [3.05, 3.63) is 86.0 Å². The smallest absolute Gasteiger partial charge is 0.295 e. The molecule has 32 heavy (non-hydrogen) atoms. The summed E-state index contributed by atoms with van der Waals surface area (Å²) in [5, 5.41) is 13.0. The summed E-state index contributed by atoms with van der Waals surface area (Å²) in [5.41, 5.74) is 1.34. The highest BCUT2D eigenvalue weighted by atomic mass is 79.9. The molecule has 1 aromatic heterocycles. The molecule has 0 spiro atoms. The molecule has 6 nitrogen and oxygen atoms in total. The van der Waals surface area contributed by atoms with Crippen molar-refractivity contribution in [3.8, 4) is 11.5 Å². The molecule has 1 unspecified atom stereocenters. The molecule has 1 atom stereocenters. The second-order valence-electron chi connectivity index (χ2n) is 7.14. The summed E-state index contributed by atoms with van der Waals surface area (Å²) in [4.78, 5) is 28.4. The minimum atomic E-state index is -0.707. The van der Waals surface area contributed by atoms with Crippen molar-refractivity contribution in [1.29, 1.82) is 0 Å². The van der Waals surface area contributed by atoms with Gasteiger partial charge in [-0.25, -0.2) is 0 Å². The number of amides is 1. The summed E-state index contributed by atoms with van der Waals surface area (Å²) >= 11 is 4.83. The van der Waals surface area contributed by atoms with Gasteiger partial charge in [0.15, 0.2) is 0 Å². The Morgan fingerprint density at radius 2 is 1.84 bits per heavy atom. The maximum Gasteiger partial charge on any atom is 0.295 e. The summed E-state index contributed by atoms with van der Waals surface area (Å²) < 4.78 is 11.1. The molecule has 164 valence electrons. The molecule has 1 amide bonds. The molecule has 0 radical (unpaired) electrons. The van der Waals surface area contributed by atoms with Gasteiger partial charge in [-0.3, -0.25) is 9.59 Å². The Bertz CT molecular complexity index is 1190. The number of ether oxygens (including phenoxy) is 2. The van der Waals surface area contributed by atoms with E-state index in [1.54, 1.807) is 44.6 Å². The fourth-order valence-electron chi connectivity index (χ4n) is 3.68. The average Bonchev–Trinajstić information content (AvgIpc) is 3.42. The van der Waals surface area contributed by atoms with Gasteiger partial charge in [-0.05, 0) is 63.3 Å². The zero-order valence-corrected chi connectivity index (χ0v) is 19.8. The van der Waals surface area contributed by atoms with Crippen molar-refractivity contribution in [2.75, 3.05) is 14.2 Å². The number of nitrogens with zero attached hydrogens (tertiary/aromatic N) is 1. The van der Waals surface area contributed by atoms with E-state index >= 15 is 0 Å². The summed E-state index contributed by atoms with van der Waals surface area (Å²) in [5.74, 6) is -0.274. The highest BCUT2D eigenvalue weighted by Gasteiger charge is 2.46. The predicted octanol–water partition coefficient (Wildman–Crippen LogP) is 5.15. The molecule has 1 aliphatic rings. The van der Waals surface area contributed by atoms with E-state index in [-0.39, 0.29) is 17.9 Å². The van der Waals surface area contributed by atoms with Crippen LogP contribution in [0.3, 0.4) is 0 Å². The van der Waals surface area contributed by atoms with E-state index in [9.17, 15) is 14.7 Å². The third-order valence-electron chi connectivity index (χ3n) is 5.29. The Hall–Kier alpha value is -3.10. The highest BCUT2D eigenvalue weighted by Crippen LogP contribution is 2.42. The van der Waals surface area contributed by atoms with Crippen LogP contribution in [0.25, 0.3) is 5.76 Å². The Kier molecular flexibility index (Phi) is 6.34. The van der Waals surface area contributed by atoms with Gasteiger partial charge < -0.3 is 19.5 Å². The third kappa shape index (κ3) is 4.03. The second kappa shape index (κ2) is 9.18. The fraction of sp³-hybridized carbons (Fsp3) is 0.167. The number of rotatable bonds is 6. The zero-order chi connectivity index (χ0) is 22.8. The van der Waals surface area contributed by atoms with Crippen molar-refractivity contribution in [2.45, 2.75) is 12.6 Å². The molecule has 1 N–H and O–H groups in total. The zero-order valence-electron chi connectivity index (χ0n) is 17.4. The van der Waals surface area contributed by atoms with Gasteiger partial charge in [0, 0.05) is 17.0 Å². The maximum absolute atomic E-state index is 13.1. The van der Waals surface area contributed by atoms with E-state index in [2.05, 4.69) is 15.9 Å². The van der Waals surface area contributed by atoms with Crippen LogP contribution in [0.1, 0.15) is 22.0 Å². The van der Waals surface area contributed by atoms with Gasteiger partial charge in [-0.1, -0.05) is 18.2 Å². The number of carbonyl (C=O) groups is 2. The molecule has 0 saturated carbocycles. The first-order valence-corrected chi connectivity index (χ1v) is 11.4. The SMILES string of the molecule is COc1ccc(CN2C(=O)C(=O)/C(=C(\O)c3ccc(OC)c(Br)c3)C2c2cccs2)cc1. The number of hydrogen-bond donors (Lipinski definition) is 1. The van der Waals surface area contributed by atoms with E-state index in [0.717, 1.165) is 10.4 Å². The Morgan fingerprint density at radius 3 is 2.44 bits per heavy atom. The van der Waals surface area contributed by atoms with Gasteiger partial charge in [-0.2, -0.15) is 0 Å². The Morgan fingerprint density at radius 1 is 1.09 bits per heavy atom. The molecule has 0 bridgehead atoms. The van der Waals surface area contributed by atoms with Gasteiger partial charge in [0.2, 0.25) is 0 Å². The predicted molar refractivity (Wildman–Crippen MR) is 126 cm³/mol. The number of ketones is 1. The van der Waals surface area contributed by atoms with E-state index in [1.807, 2.05) is 29.6 Å². The average molecular weight is 514 g/mol. The van der Waals surface area contributed by atoms with Crippen LogP contribution in [-0.2, 0) is 16.1 Å². The summed E-state index contributed by atoms with van der Waals surface area (Å²) in [6, 6.07) is 15.4. The highest BCUT2D eigenvalue weighted by molar-refractivity contribution is 9.10. The monoisotopic (exact) mass is 513 g/mol. The number of aliphatic hydroxyl groups is 1. The molecule has 1 saturated heterocycles. The normalized spacial score (nSPS) is 17.6. The number of hydrogen-bond acceptors (Lipinski definition) is 6. The first-order chi connectivity index (χ1) is 15.4. The lowest BCUT2D eigenvalue weighted by atomic mass is 9.99. The minimum absolute atomic E-state index is 0.0722. The topological polar surface area (TPSA) is 76.1 Å². The fourth-order valence-corrected chi connectivity index (χ4v) is 5.07. The van der Waals surface area contributed by atoms with Crippen LogP contribution in [0.15, 0.2) is 70.0 Å². The van der Waals surface area contributed by atoms with Gasteiger partial charge in [0.1, 0.15) is 17.3 Å². The number of benzene rings is 2. The van der Waals surface area contributed by atoms with Crippen molar-refractivity contribution < 1.29 is 24.2 Å². The third-order valence-corrected chi connectivity index (χ3v) is 6.83. The summed E-state index contributed by atoms with van der Waals surface area (Å²) in [7, 11) is 3.13. The molecular formula is C24H20BrNO5S. The Labute approximate surface area is 197 Å². The van der Waals surface area contributed by atoms with Crippen LogP contribution in [0.2, 0.25) is 0 Å². The second-order valence-corrected chi connectivity index (χ2v) is 8.97.